The number of halogens is 1. The van der Waals surface area contributed by atoms with Crippen LogP contribution in [-0.4, -0.2) is 22.0 Å². The molecule has 0 spiro atoms. The van der Waals surface area contributed by atoms with Gasteiger partial charge in [-0.2, -0.15) is 0 Å². The number of benzene rings is 2. The molecule has 5 nitrogen and oxygen atoms in total. The highest BCUT2D eigenvalue weighted by molar-refractivity contribution is 6.30. The second-order valence-corrected chi connectivity index (χ2v) is 5.80. The quantitative estimate of drug-likeness (QED) is 0.746. The molecule has 0 aliphatic heterocycles. The Balaban J connectivity index is 1.63. The van der Waals surface area contributed by atoms with E-state index in [9.17, 15) is 4.79 Å². The van der Waals surface area contributed by atoms with Crippen LogP contribution in [0.15, 0.2) is 67.0 Å². The Morgan fingerprint density at radius 1 is 1.08 bits per heavy atom. The van der Waals surface area contributed by atoms with Gasteiger partial charge in [0.2, 0.25) is 0 Å². The molecule has 126 valence electrons. The number of nitrogens with one attached hydrogen (secondary N) is 1. The molecule has 3 aromatic rings. The van der Waals surface area contributed by atoms with Gasteiger partial charge in [0.05, 0.1) is 18.1 Å². The largest absolute Gasteiger partial charge is 0.481 e. The van der Waals surface area contributed by atoms with E-state index in [0.29, 0.717) is 22.3 Å². The van der Waals surface area contributed by atoms with Crippen molar-refractivity contribution < 1.29 is 9.53 Å². The Morgan fingerprint density at radius 2 is 1.80 bits per heavy atom. The smallest absolute Gasteiger partial charge is 0.265 e. The predicted octanol–water partition coefficient (Wildman–Crippen LogP) is 4.20. The van der Waals surface area contributed by atoms with Crippen LogP contribution in [0.1, 0.15) is 6.92 Å². The summed E-state index contributed by atoms with van der Waals surface area (Å²) in [7, 11) is 0. The van der Waals surface area contributed by atoms with Crippen LogP contribution in [-0.2, 0) is 4.79 Å². The maximum absolute atomic E-state index is 12.2. The van der Waals surface area contributed by atoms with Gasteiger partial charge in [-0.05, 0) is 31.2 Å². The fraction of sp³-hybridized carbons (Fsp3) is 0.105. The molecular weight excluding hydrogens is 338 g/mol. The number of hydrogen-bond donors (Lipinski definition) is 1. The third-order valence-corrected chi connectivity index (χ3v) is 3.66. The Labute approximate surface area is 150 Å². The molecule has 0 saturated heterocycles. The van der Waals surface area contributed by atoms with Crippen LogP contribution in [0.4, 0.5) is 5.69 Å². The van der Waals surface area contributed by atoms with Crippen molar-refractivity contribution >= 4 is 23.2 Å². The van der Waals surface area contributed by atoms with Gasteiger partial charge in [0.25, 0.3) is 5.91 Å². The molecular formula is C19H16ClN3O2. The van der Waals surface area contributed by atoms with E-state index >= 15 is 0 Å². The summed E-state index contributed by atoms with van der Waals surface area (Å²) in [5, 5.41) is 3.35. The normalized spacial score (nSPS) is 11.6. The van der Waals surface area contributed by atoms with E-state index < -0.39 is 6.10 Å². The van der Waals surface area contributed by atoms with Gasteiger partial charge in [-0.25, -0.2) is 9.97 Å². The fourth-order valence-corrected chi connectivity index (χ4v) is 2.36. The zero-order valence-corrected chi connectivity index (χ0v) is 14.3. The van der Waals surface area contributed by atoms with Gasteiger partial charge < -0.3 is 10.1 Å². The minimum absolute atomic E-state index is 0.275. The first-order valence-corrected chi connectivity index (χ1v) is 8.10. The Hall–Kier alpha value is -2.92. The number of para-hydroxylation sites is 1. The molecule has 0 aliphatic rings. The van der Waals surface area contributed by atoms with Crippen molar-refractivity contribution in [3.8, 4) is 17.1 Å². The van der Waals surface area contributed by atoms with Crippen molar-refractivity contribution in [2.45, 2.75) is 13.0 Å². The SMILES string of the molecule is C[C@H](Oc1ccccc1)C(=O)Nc1cnc(-c2cccc(Cl)c2)nc1. The van der Waals surface area contributed by atoms with Crippen LogP contribution in [0.25, 0.3) is 11.4 Å². The van der Waals surface area contributed by atoms with Crippen molar-refractivity contribution in [1.29, 1.82) is 0 Å². The van der Waals surface area contributed by atoms with Gasteiger partial charge in [-0.1, -0.05) is 41.9 Å². The molecule has 2 aromatic carbocycles. The molecule has 1 N–H and O–H groups in total. The van der Waals surface area contributed by atoms with Crippen molar-refractivity contribution in [3.05, 3.63) is 72.0 Å². The van der Waals surface area contributed by atoms with Crippen LogP contribution in [0, 0.1) is 0 Å². The van der Waals surface area contributed by atoms with Crippen molar-refractivity contribution in [3.63, 3.8) is 0 Å². The number of rotatable bonds is 5. The molecule has 0 radical (unpaired) electrons. The first-order valence-electron chi connectivity index (χ1n) is 7.72. The van der Waals surface area contributed by atoms with Crippen molar-refractivity contribution in [2.24, 2.45) is 0 Å². The summed E-state index contributed by atoms with van der Waals surface area (Å²) in [6.45, 7) is 1.68. The third kappa shape index (κ3) is 4.55. The molecule has 1 heterocycles. The Bertz CT molecular complexity index is 854. The van der Waals surface area contributed by atoms with Gasteiger partial charge in [0.15, 0.2) is 11.9 Å². The van der Waals surface area contributed by atoms with E-state index in [4.69, 9.17) is 16.3 Å². The number of hydrogen-bond acceptors (Lipinski definition) is 4. The number of aromatic nitrogens is 2. The molecule has 0 fully saturated rings. The number of amides is 1. The number of anilines is 1. The predicted molar refractivity (Wildman–Crippen MR) is 97.6 cm³/mol. The van der Waals surface area contributed by atoms with E-state index in [0.717, 1.165) is 5.56 Å². The van der Waals surface area contributed by atoms with Crippen LogP contribution in [0.5, 0.6) is 5.75 Å². The van der Waals surface area contributed by atoms with Crippen LogP contribution in [0.2, 0.25) is 5.02 Å². The molecule has 25 heavy (non-hydrogen) atoms. The highest BCUT2D eigenvalue weighted by Crippen LogP contribution is 2.20. The van der Waals surface area contributed by atoms with E-state index in [1.165, 1.54) is 0 Å². The Morgan fingerprint density at radius 3 is 2.48 bits per heavy atom. The molecule has 0 saturated carbocycles. The number of nitrogens with zero attached hydrogens (tertiary/aromatic N) is 2. The zero-order valence-electron chi connectivity index (χ0n) is 13.5. The average molecular weight is 354 g/mol. The summed E-state index contributed by atoms with van der Waals surface area (Å²) in [5.41, 5.74) is 1.31. The summed E-state index contributed by atoms with van der Waals surface area (Å²) < 4.78 is 5.59. The lowest BCUT2D eigenvalue weighted by atomic mass is 10.2. The number of carbonyl (C=O) groups excluding carboxylic acids is 1. The van der Waals surface area contributed by atoms with E-state index in [2.05, 4.69) is 15.3 Å². The minimum atomic E-state index is -0.644. The first kappa shape index (κ1) is 16.9. The van der Waals surface area contributed by atoms with E-state index in [1.807, 2.05) is 30.3 Å². The third-order valence-electron chi connectivity index (χ3n) is 3.43. The summed E-state index contributed by atoms with van der Waals surface area (Å²) >= 11 is 5.97. The second kappa shape index (κ2) is 7.77. The molecule has 0 bridgehead atoms. The summed E-state index contributed by atoms with van der Waals surface area (Å²) in [6.07, 6.45) is 2.46. The van der Waals surface area contributed by atoms with Crippen molar-refractivity contribution in [1.82, 2.24) is 9.97 Å². The molecule has 1 aromatic heterocycles. The lowest BCUT2D eigenvalue weighted by molar-refractivity contribution is -0.122. The van der Waals surface area contributed by atoms with E-state index in [1.54, 1.807) is 43.6 Å². The van der Waals surface area contributed by atoms with Gasteiger partial charge in [0, 0.05) is 10.6 Å². The number of carbonyl (C=O) groups is 1. The van der Waals surface area contributed by atoms with Gasteiger partial charge in [0.1, 0.15) is 5.75 Å². The Kier molecular flexibility index (Phi) is 5.26. The minimum Gasteiger partial charge on any atom is -0.481 e. The molecule has 0 aliphatic carbocycles. The first-order chi connectivity index (χ1) is 12.1. The maximum atomic E-state index is 12.2. The molecule has 1 atom stereocenters. The standard InChI is InChI=1S/C19H16ClN3O2/c1-13(25-17-8-3-2-4-9-17)19(24)23-16-11-21-18(22-12-16)14-6-5-7-15(20)10-14/h2-13H,1H3,(H,23,24)/t13-/m0/s1. The molecule has 1 amide bonds. The zero-order chi connectivity index (χ0) is 17.6. The van der Waals surface area contributed by atoms with Gasteiger partial charge in [-0.15, -0.1) is 0 Å². The van der Waals surface area contributed by atoms with Gasteiger partial charge >= 0.3 is 0 Å². The highest BCUT2D eigenvalue weighted by Gasteiger charge is 2.15. The van der Waals surface area contributed by atoms with Gasteiger partial charge in [-0.3, -0.25) is 4.79 Å². The van der Waals surface area contributed by atoms with Crippen molar-refractivity contribution in [2.75, 3.05) is 5.32 Å². The fourth-order valence-electron chi connectivity index (χ4n) is 2.17. The average Bonchev–Trinajstić information content (AvgIpc) is 2.63. The van der Waals surface area contributed by atoms with Crippen LogP contribution in [0.3, 0.4) is 0 Å². The van der Waals surface area contributed by atoms with Crippen LogP contribution < -0.4 is 10.1 Å². The lowest BCUT2D eigenvalue weighted by Gasteiger charge is -2.14. The molecule has 3 rings (SSSR count). The molecule has 6 heteroatoms. The number of ether oxygens (including phenoxy) is 1. The summed E-state index contributed by atoms with van der Waals surface area (Å²) in [6, 6.07) is 16.5. The monoisotopic (exact) mass is 353 g/mol. The summed E-state index contributed by atoms with van der Waals surface area (Å²) in [4.78, 5) is 20.7. The van der Waals surface area contributed by atoms with E-state index in [-0.39, 0.29) is 5.91 Å². The lowest BCUT2D eigenvalue weighted by Crippen LogP contribution is -2.30. The topological polar surface area (TPSA) is 64.1 Å². The highest BCUT2D eigenvalue weighted by atomic mass is 35.5. The van der Waals surface area contributed by atoms with Crippen LogP contribution >= 0.6 is 11.6 Å². The summed E-state index contributed by atoms with van der Waals surface area (Å²) in [5.74, 6) is 0.898. The second-order valence-electron chi connectivity index (χ2n) is 5.37. The molecule has 0 unspecified atom stereocenters. The maximum Gasteiger partial charge on any atom is 0.265 e.